The number of likely N-dealkylation sites (N-methyl/N-ethyl adjacent to an activating group) is 1. The third kappa shape index (κ3) is 3.64. The zero-order chi connectivity index (χ0) is 7.44. The van der Waals surface area contributed by atoms with Crippen molar-refractivity contribution in [2.45, 2.75) is 6.92 Å². The van der Waals surface area contributed by atoms with Crippen molar-refractivity contribution in [3.05, 3.63) is 24.0 Å². The third-order valence-corrected chi connectivity index (χ3v) is 0.969. The molecule has 0 aromatic rings. The number of rotatable bonds is 2. The number of nitrogens with two attached hydrogens (primary N) is 1. The second-order valence-electron chi connectivity index (χ2n) is 2.27. The molecule has 0 heterocycles. The molecule has 0 saturated heterocycles. The monoisotopic (exact) mass is 126 g/mol. The lowest BCUT2D eigenvalue weighted by molar-refractivity contribution is 0.531. The summed E-state index contributed by atoms with van der Waals surface area (Å²) in [7, 11) is 3.86. The maximum atomic E-state index is 5.40. The fraction of sp³-hybridized carbons (Fsp3) is 0.429. The van der Waals surface area contributed by atoms with Crippen molar-refractivity contribution in [3.63, 3.8) is 0 Å². The van der Waals surface area contributed by atoms with Crippen LogP contribution >= 0.6 is 0 Å². The van der Waals surface area contributed by atoms with Gasteiger partial charge in [0.1, 0.15) is 0 Å². The van der Waals surface area contributed by atoms with Crippen LogP contribution in [-0.4, -0.2) is 19.0 Å². The maximum Gasteiger partial charge on any atom is 0.0305 e. The SMILES string of the molecule is C=C(/C=C(\C)N)N(C)C. The van der Waals surface area contributed by atoms with Gasteiger partial charge in [-0.15, -0.1) is 0 Å². The highest BCUT2D eigenvalue weighted by molar-refractivity contribution is 5.15. The van der Waals surface area contributed by atoms with Crippen LogP contribution in [0.4, 0.5) is 0 Å². The molecule has 9 heavy (non-hydrogen) atoms. The van der Waals surface area contributed by atoms with E-state index in [0.717, 1.165) is 11.4 Å². The van der Waals surface area contributed by atoms with Gasteiger partial charge in [0, 0.05) is 25.5 Å². The minimum atomic E-state index is 0.786. The van der Waals surface area contributed by atoms with Crippen LogP contribution in [0.5, 0.6) is 0 Å². The van der Waals surface area contributed by atoms with Crippen LogP contribution in [0.3, 0.4) is 0 Å². The topological polar surface area (TPSA) is 29.3 Å². The zero-order valence-electron chi connectivity index (χ0n) is 6.31. The molecule has 0 spiro atoms. The first-order valence-electron chi connectivity index (χ1n) is 2.84. The Morgan fingerprint density at radius 3 is 2.11 bits per heavy atom. The smallest absolute Gasteiger partial charge is 0.0305 e. The highest BCUT2D eigenvalue weighted by atomic mass is 15.1. The molecule has 0 radical (unpaired) electrons. The van der Waals surface area contributed by atoms with Gasteiger partial charge in [0.2, 0.25) is 0 Å². The van der Waals surface area contributed by atoms with Crippen molar-refractivity contribution in [2.24, 2.45) is 5.73 Å². The van der Waals surface area contributed by atoms with Gasteiger partial charge < -0.3 is 10.6 Å². The van der Waals surface area contributed by atoms with E-state index in [1.165, 1.54) is 0 Å². The molecule has 2 nitrogen and oxygen atoms in total. The van der Waals surface area contributed by atoms with Gasteiger partial charge in [-0.2, -0.15) is 0 Å². The predicted octanol–water partition coefficient (Wildman–Crippen LogP) is 0.924. The fourth-order valence-electron chi connectivity index (χ4n) is 0.392. The van der Waals surface area contributed by atoms with Crippen molar-refractivity contribution >= 4 is 0 Å². The van der Waals surface area contributed by atoms with E-state index in [0.29, 0.717) is 0 Å². The summed E-state index contributed by atoms with van der Waals surface area (Å²) in [5.41, 5.74) is 7.12. The van der Waals surface area contributed by atoms with Crippen molar-refractivity contribution < 1.29 is 0 Å². The van der Waals surface area contributed by atoms with Gasteiger partial charge in [0.15, 0.2) is 0 Å². The van der Waals surface area contributed by atoms with E-state index in [1.54, 1.807) is 0 Å². The van der Waals surface area contributed by atoms with E-state index in [4.69, 9.17) is 5.73 Å². The lowest BCUT2D eigenvalue weighted by Crippen LogP contribution is -2.09. The van der Waals surface area contributed by atoms with Crippen LogP contribution in [0.1, 0.15) is 6.92 Å². The Bertz CT molecular complexity index is 130. The van der Waals surface area contributed by atoms with E-state index in [-0.39, 0.29) is 0 Å². The quantitative estimate of drug-likeness (QED) is 0.557. The van der Waals surface area contributed by atoms with E-state index >= 15 is 0 Å². The van der Waals surface area contributed by atoms with Gasteiger partial charge in [0.25, 0.3) is 0 Å². The molecule has 2 heteroatoms. The summed E-state index contributed by atoms with van der Waals surface area (Å²) < 4.78 is 0. The van der Waals surface area contributed by atoms with Gasteiger partial charge in [-0.05, 0) is 13.0 Å². The van der Waals surface area contributed by atoms with Gasteiger partial charge >= 0.3 is 0 Å². The molecule has 0 amide bonds. The molecule has 0 fully saturated rings. The second kappa shape index (κ2) is 3.17. The van der Waals surface area contributed by atoms with Gasteiger partial charge in [-0.1, -0.05) is 6.58 Å². The first kappa shape index (κ1) is 8.08. The van der Waals surface area contributed by atoms with Crippen molar-refractivity contribution in [2.75, 3.05) is 14.1 Å². The Hall–Kier alpha value is -0.920. The lowest BCUT2D eigenvalue weighted by atomic mass is 10.3. The Labute approximate surface area is 56.6 Å². The molecule has 0 aliphatic rings. The van der Waals surface area contributed by atoms with Crippen LogP contribution in [0, 0.1) is 0 Å². The molecular formula is C7H14N2. The molecule has 0 rings (SSSR count). The summed E-state index contributed by atoms with van der Waals surface area (Å²) in [6.07, 6.45) is 1.83. The van der Waals surface area contributed by atoms with Crippen molar-refractivity contribution in [3.8, 4) is 0 Å². The van der Waals surface area contributed by atoms with Crippen LogP contribution in [0.2, 0.25) is 0 Å². The molecule has 52 valence electrons. The Kier molecular flexibility index (Phi) is 2.85. The Morgan fingerprint density at radius 1 is 1.56 bits per heavy atom. The molecule has 0 aromatic carbocycles. The average Bonchev–Trinajstić information content (AvgIpc) is 1.63. The number of hydrogen-bond donors (Lipinski definition) is 1. The normalized spacial score (nSPS) is 11.2. The standard InChI is InChI=1S/C7H14N2/c1-6(8)5-7(2)9(3)4/h5H,2,8H2,1,3-4H3/b6-5+. The van der Waals surface area contributed by atoms with Gasteiger partial charge in [0.05, 0.1) is 0 Å². The van der Waals surface area contributed by atoms with Crippen LogP contribution in [0.15, 0.2) is 24.0 Å². The lowest BCUT2D eigenvalue weighted by Gasteiger charge is -2.11. The van der Waals surface area contributed by atoms with Crippen LogP contribution in [0.25, 0.3) is 0 Å². The Morgan fingerprint density at radius 2 is 2.00 bits per heavy atom. The number of nitrogens with zero attached hydrogens (tertiary/aromatic N) is 1. The molecule has 0 aliphatic heterocycles. The first-order chi connectivity index (χ1) is 4.04. The third-order valence-electron chi connectivity index (χ3n) is 0.969. The minimum absolute atomic E-state index is 0.786. The molecule has 0 unspecified atom stereocenters. The van der Waals surface area contributed by atoms with Crippen molar-refractivity contribution in [1.82, 2.24) is 4.90 Å². The van der Waals surface area contributed by atoms with Crippen LogP contribution < -0.4 is 5.73 Å². The Balaban J connectivity index is 3.93. The van der Waals surface area contributed by atoms with Crippen LogP contribution in [-0.2, 0) is 0 Å². The van der Waals surface area contributed by atoms with E-state index in [1.807, 2.05) is 32.0 Å². The van der Waals surface area contributed by atoms with Gasteiger partial charge in [-0.3, -0.25) is 0 Å². The summed E-state index contributed by atoms with van der Waals surface area (Å²) in [6, 6.07) is 0. The maximum absolute atomic E-state index is 5.40. The molecule has 0 aromatic heterocycles. The average molecular weight is 126 g/mol. The minimum Gasteiger partial charge on any atom is -0.402 e. The molecule has 2 N–H and O–H groups in total. The number of hydrogen-bond acceptors (Lipinski definition) is 2. The summed E-state index contributed by atoms with van der Waals surface area (Å²) >= 11 is 0. The first-order valence-corrected chi connectivity index (χ1v) is 2.84. The predicted molar refractivity (Wildman–Crippen MR) is 40.8 cm³/mol. The highest BCUT2D eigenvalue weighted by Gasteiger charge is 1.88. The largest absolute Gasteiger partial charge is 0.402 e. The van der Waals surface area contributed by atoms with E-state index < -0.39 is 0 Å². The highest BCUT2D eigenvalue weighted by Crippen LogP contribution is 1.97. The van der Waals surface area contributed by atoms with Gasteiger partial charge in [-0.25, -0.2) is 0 Å². The van der Waals surface area contributed by atoms with E-state index in [9.17, 15) is 0 Å². The summed E-state index contributed by atoms with van der Waals surface area (Å²) in [5.74, 6) is 0. The van der Waals surface area contributed by atoms with Crippen molar-refractivity contribution in [1.29, 1.82) is 0 Å². The fourth-order valence-corrected chi connectivity index (χ4v) is 0.392. The second-order valence-corrected chi connectivity index (χ2v) is 2.27. The summed E-state index contributed by atoms with van der Waals surface area (Å²) in [4.78, 5) is 1.91. The van der Waals surface area contributed by atoms with E-state index in [2.05, 4.69) is 6.58 Å². The molecule has 0 bridgehead atoms. The molecule has 0 atom stereocenters. The molecule has 0 aliphatic carbocycles. The number of allylic oxidation sites excluding steroid dienone is 2. The zero-order valence-corrected chi connectivity index (χ0v) is 6.31. The summed E-state index contributed by atoms with van der Waals surface area (Å²) in [6.45, 7) is 5.61. The summed E-state index contributed by atoms with van der Waals surface area (Å²) in [5, 5.41) is 0. The molecule has 0 saturated carbocycles. The molecular weight excluding hydrogens is 112 g/mol.